The van der Waals surface area contributed by atoms with Crippen LogP contribution in [0.1, 0.15) is 5.56 Å². The quantitative estimate of drug-likeness (QED) is 0.317. The van der Waals surface area contributed by atoms with Gasteiger partial charge in [-0.3, -0.25) is 14.9 Å². The molecule has 4 rings (SSSR count). The number of nitro groups is 1. The molecule has 1 heterocycles. The molecule has 0 N–H and O–H groups in total. The predicted octanol–water partition coefficient (Wildman–Crippen LogP) is 5.60. The molecular formula is C22H14ClNO5. The van der Waals surface area contributed by atoms with Gasteiger partial charge in [-0.05, 0) is 35.9 Å². The van der Waals surface area contributed by atoms with E-state index >= 15 is 0 Å². The van der Waals surface area contributed by atoms with E-state index in [1.165, 1.54) is 18.4 Å². The van der Waals surface area contributed by atoms with Crippen molar-refractivity contribution in [2.24, 2.45) is 0 Å². The van der Waals surface area contributed by atoms with Crippen molar-refractivity contribution in [3.8, 4) is 16.9 Å². The lowest BCUT2D eigenvalue weighted by molar-refractivity contribution is -0.384. The Balaban J connectivity index is 1.58. The Morgan fingerprint density at radius 3 is 2.48 bits per heavy atom. The summed E-state index contributed by atoms with van der Waals surface area (Å²) >= 11 is 6.20. The van der Waals surface area contributed by atoms with Gasteiger partial charge in [0.2, 0.25) is 5.43 Å². The second-order valence-corrected chi connectivity index (χ2v) is 6.74. The van der Waals surface area contributed by atoms with Crippen LogP contribution in [0, 0.1) is 10.1 Å². The second-order valence-electron chi connectivity index (χ2n) is 6.33. The third kappa shape index (κ3) is 3.83. The Kier molecular flexibility index (Phi) is 5.01. The molecule has 0 radical (unpaired) electrons. The first-order chi connectivity index (χ1) is 14.0. The molecule has 0 spiro atoms. The molecule has 0 fully saturated rings. The predicted molar refractivity (Wildman–Crippen MR) is 110 cm³/mol. The van der Waals surface area contributed by atoms with Gasteiger partial charge in [0.05, 0.1) is 15.9 Å². The van der Waals surface area contributed by atoms with Gasteiger partial charge in [-0.2, -0.15) is 0 Å². The normalized spacial score (nSPS) is 10.8. The molecule has 0 aliphatic heterocycles. The molecule has 0 amide bonds. The van der Waals surface area contributed by atoms with Crippen LogP contribution < -0.4 is 10.2 Å². The molecule has 0 bridgehead atoms. The van der Waals surface area contributed by atoms with Crippen molar-refractivity contribution in [3.63, 3.8) is 0 Å². The van der Waals surface area contributed by atoms with E-state index in [2.05, 4.69) is 0 Å². The van der Waals surface area contributed by atoms with Gasteiger partial charge < -0.3 is 9.15 Å². The summed E-state index contributed by atoms with van der Waals surface area (Å²) in [6, 6.07) is 18.2. The minimum Gasteiger partial charge on any atom is -0.489 e. The van der Waals surface area contributed by atoms with Crippen molar-refractivity contribution in [1.29, 1.82) is 0 Å². The van der Waals surface area contributed by atoms with E-state index in [-0.39, 0.29) is 17.7 Å². The summed E-state index contributed by atoms with van der Waals surface area (Å²) in [4.78, 5) is 23.1. The molecule has 29 heavy (non-hydrogen) atoms. The highest BCUT2D eigenvalue weighted by atomic mass is 35.5. The second kappa shape index (κ2) is 7.77. The van der Waals surface area contributed by atoms with Crippen LogP contribution in [0.5, 0.6) is 5.75 Å². The standard InChI is InChI=1S/C22H14ClNO5/c23-20-4-2-1-3-17(20)19-13-29-21-11-16(9-10-18(21)22(19)25)28-12-14-5-7-15(8-6-14)24(26)27/h1-11,13H,12H2. The molecule has 0 aliphatic carbocycles. The van der Waals surface area contributed by atoms with Gasteiger partial charge >= 0.3 is 0 Å². The van der Waals surface area contributed by atoms with Crippen LogP contribution >= 0.6 is 11.6 Å². The van der Waals surface area contributed by atoms with Crippen molar-refractivity contribution >= 4 is 28.3 Å². The van der Waals surface area contributed by atoms with Crippen LogP contribution in [-0.4, -0.2) is 4.92 Å². The third-order valence-electron chi connectivity index (χ3n) is 4.46. The zero-order valence-corrected chi connectivity index (χ0v) is 15.8. The first kappa shape index (κ1) is 18.7. The van der Waals surface area contributed by atoms with Gasteiger partial charge in [0.25, 0.3) is 5.69 Å². The molecule has 1 aromatic heterocycles. The topological polar surface area (TPSA) is 82.6 Å². The molecule has 0 aliphatic rings. The monoisotopic (exact) mass is 407 g/mol. The van der Waals surface area contributed by atoms with Gasteiger partial charge in [-0.1, -0.05) is 29.8 Å². The Morgan fingerprint density at radius 2 is 1.76 bits per heavy atom. The van der Waals surface area contributed by atoms with E-state index in [4.69, 9.17) is 20.8 Å². The molecule has 0 saturated carbocycles. The number of rotatable bonds is 5. The largest absolute Gasteiger partial charge is 0.489 e. The van der Waals surface area contributed by atoms with E-state index in [1.807, 2.05) is 0 Å². The average molecular weight is 408 g/mol. The van der Waals surface area contributed by atoms with E-state index in [0.29, 0.717) is 32.9 Å². The lowest BCUT2D eigenvalue weighted by Gasteiger charge is -2.08. The van der Waals surface area contributed by atoms with Crippen LogP contribution in [0.3, 0.4) is 0 Å². The van der Waals surface area contributed by atoms with Crippen LogP contribution in [0.15, 0.2) is 82.2 Å². The summed E-state index contributed by atoms with van der Waals surface area (Å²) in [5.74, 6) is 0.518. The molecule has 0 unspecified atom stereocenters. The zero-order chi connectivity index (χ0) is 20.4. The van der Waals surface area contributed by atoms with E-state index < -0.39 is 4.92 Å². The number of hydrogen-bond acceptors (Lipinski definition) is 5. The first-order valence-electron chi connectivity index (χ1n) is 8.69. The van der Waals surface area contributed by atoms with Crippen molar-refractivity contribution in [1.82, 2.24) is 0 Å². The highest BCUT2D eigenvalue weighted by Crippen LogP contribution is 2.28. The fraction of sp³-hybridized carbons (Fsp3) is 0.0455. The van der Waals surface area contributed by atoms with Crippen molar-refractivity contribution in [3.05, 3.63) is 104 Å². The van der Waals surface area contributed by atoms with Crippen LogP contribution in [0.4, 0.5) is 5.69 Å². The zero-order valence-electron chi connectivity index (χ0n) is 15.0. The molecule has 0 atom stereocenters. The Morgan fingerprint density at radius 1 is 1.00 bits per heavy atom. The van der Waals surface area contributed by atoms with Gasteiger partial charge in [0.1, 0.15) is 24.2 Å². The molecule has 6 nitrogen and oxygen atoms in total. The first-order valence-corrected chi connectivity index (χ1v) is 9.07. The minimum atomic E-state index is -0.452. The van der Waals surface area contributed by atoms with Gasteiger partial charge in [0, 0.05) is 28.8 Å². The van der Waals surface area contributed by atoms with Gasteiger partial charge in [-0.15, -0.1) is 0 Å². The van der Waals surface area contributed by atoms with Crippen molar-refractivity contribution in [2.45, 2.75) is 6.61 Å². The number of hydrogen-bond donors (Lipinski definition) is 0. The van der Waals surface area contributed by atoms with Crippen LogP contribution in [-0.2, 0) is 6.61 Å². The smallest absolute Gasteiger partial charge is 0.269 e. The van der Waals surface area contributed by atoms with E-state index in [1.54, 1.807) is 54.6 Å². The molecule has 3 aromatic carbocycles. The summed E-state index contributed by atoms with van der Waals surface area (Å²) in [6.07, 6.45) is 1.39. The average Bonchev–Trinajstić information content (AvgIpc) is 2.73. The molecule has 144 valence electrons. The summed E-state index contributed by atoms with van der Waals surface area (Å²) in [7, 11) is 0. The van der Waals surface area contributed by atoms with Gasteiger partial charge in [0.15, 0.2) is 0 Å². The number of ether oxygens (including phenoxy) is 1. The van der Waals surface area contributed by atoms with E-state index in [9.17, 15) is 14.9 Å². The fourth-order valence-electron chi connectivity index (χ4n) is 2.94. The number of fused-ring (bicyclic) bond motifs is 1. The van der Waals surface area contributed by atoms with Crippen LogP contribution in [0.2, 0.25) is 5.02 Å². The summed E-state index contributed by atoms with van der Waals surface area (Å²) in [6.45, 7) is 0.228. The molecule has 0 saturated heterocycles. The molecular weight excluding hydrogens is 394 g/mol. The highest BCUT2D eigenvalue weighted by Gasteiger charge is 2.12. The maximum atomic E-state index is 12.8. The maximum absolute atomic E-state index is 12.8. The SMILES string of the molecule is O=c1c(-c2ccccc2Cl)coc2cc(OCc3ccc([N+](=O)[O-])cc3)ccc12. The maximum Gasteiger partial charge on any atom is 0.269 e. The van der Waals surface area contributed by atoms with Crippen LogP contribution in [0.25, 0.3) is 22.1 Å². The lowest BCUT2D eigenvalue weighted by Crippen LogP contribution is -2.05. The molecule has 7 heteroatoms. The third-order valence-corrected chi connectivity index (χ3v) is 4.79. The Hall–Kier alpha value is -3.64. The fourth-order valence-corrected chi connectivity index (χ4v) is 3.18. The Bertz CT molecular complexity index is 1260. The van der Waals surface area contributed by atoms with E-state index in [0.717, 1.165) is 5.56 Å². The number of benzene rings is 3. The summed E-state index contributed by atoms with van der Waals surface area (Å²) < 4.78 is 11.4. The number of nitrogens with zero attached hydrogens (tertiary/aromatic N) is 1. The number of halogens is 1. The van der Waals surface area contributed by atoms with Gasteiger partial charge in [-0.25, -0.2) is 0 Å². The van der Waals surface area contributed by atoms with Crippen molar-refractivity contribution in [2.75, 3.05) is 0 Å². The minimum absolute atomic E-state index is 0.0237. The highest BCUT2D eigenvalue weighted by molar-refractivity contribution is 6.33. The lowest BCUT2D eigenvalue weighted by atomic mass is 10.1. The molecule has 4 aromatic rings. The Labute approximate surface area is 170 Å². The number of nitro benzene ring substituents is 1. The number of non-ortho nitro benzene ring substituents is 1. The van der Waals surface area contributed by atoms with Crippen molar-refractivity contribution < 1.29 is 14.1 Å². The summed E-state index contributed by atoms with van der Waals surface area (Å²) in [5, 5.41) is 11.6. The summed E-state index contributed by atoms with van der Waals surface area (Å²) in [5.41, 5.74) is 2.03.